The van der Waals surface area contributed by atoms with E-state index in [1.165, 1.54) is 18.2 Å². The summed E-state index contributed by atoms with van der Waals surface area (Å²) < 4.78 is 13.2. The average Bonchev–Trinajstić information content (AvgIpc) is 2.36. The zero-order chi connectivity index (χ0) is 14.0. The number of Topliss-reactive ketones (excluding diaryl/α,β-unsaturated/α-hetero) is 1. The van der Waals surface area contributed by atoms with E-state index in [4.69, 9.17) is 23.2 Å². The van der Waals surface area contributed by atoms with E-state index in [0.717, 1.165) is 5.56 Å². The standard InChI is InChI=1S/C15H11Cl2FO/c1-9-2-4-12(18)6-10(9)7-15(19)13-8-11(16)3-5-14(13)17/h2-6,8H,7H2,1H3. The van der Waals surface area contributed by atoms with Gasteiger partial charge >= 0.3 is 0 Å². The highest BCUT2D eigenvalue weighted by atomic mass is 35.5. The van der Waals surface area contributed by atoms with E-state index in [1.54, 1.807) is 18.2 Å². The summed E-state index contributed by atoms with van der Waals surface area (Å²) in [6.07, 6.45) is 0.101. The maximum absolute atomic E-state index is 13.2. The van der Waals surface area contributed by atoms with Gasteiger partial charge in [-0.05, 0) is 48.4 Å². The second kappa shape index (κ2) is 5.72. The zero-order valence-corrected chi connectivity index (χ0v) is 11.7. The van der Waals surface area contributed by atoms with Crippen molar-refractivity contribution >= 4 is 29.0 Å². The molecule has 2 aromatic carbocycles. The van der Waals surface area contributed by atoms with Gasteiger partial charge in [0.1, 0.15) is 5.82 Å². The van der Waals surface area contributed by atoms with E-state index >= 15 is 0 Å². The van der Waals surface area contributed by atoms with Crippen molar-refractivity contribution in [1.82, 2.24) is 0 Å². The van der Waals surface area contributed by atoms with Crippen molar-refractivity contribution in [3.8, 4) is 0 Å². The quantitative estimate of drug-likeness (QED) is 0.739. The van der Waals surface area contributed by atoms with Crippen LogP contribution in [-0.2, 0) is 6.42 Å². The molecule has 0 aliphatic carbocycles. The molecule has 0 saturated carbocycles. The Kier molecular flexibility index (Phi) is 4.23. The van der Waals surface area contributed by atoms with E-state index in [2.05, 4.69) is 0 Å². The summed E-state index contributed by atoms with van der Waals surface area (Å²) in [5.74, 6) is -0.535. The fourth-order valence-corrected chi connectivity index (χ4v) is 2.20. The summed E-state index contributed by atoms with van der Waals surface area (Å²) in [5.41, 5.74) is 1.88. The van der Waals surface area contributed by atoms with Gasteiger partial charge in [-0.25, -0.2) is 4.39 Å². The Hall–Kier alpha value is -1.38. The normalized spacial score (nSPS) is 10.5. The van der Waals surface area contributed by atoms with Crippen LogP contribution in [0.2, 0.25) is 10.0 Å². The van der Waals surface area contributed by atoms with Crippen LogP contribution < -0.4 is 0 Å². The lowest BCUT2D eigenvalue weighted by Gasteiger charge is -2.07. The molecule has 0 fully saturated rings. The van der Waals surface area contributed by atoms with Crippen molar-refractivity contribution in [3.63, 3.8) is 0 Å². The monoisotopic (exact) mass is 296 g/mol. The Balaban J connectivity index is 2.30. The van der Waals surface area contributed by atoms with E-state index in [-0.39, 0.29) is 18.0 Å². The smallest absolute Gasteiger partial charge is 0.168 e. The third-order valence-corrected chi connectivity index (χ3v) is 3.46. The predicted molar refractivity (Wildman–Crippen MR) is 75.6 cm³/mol. The van der Waals surface area contributed by atoms with Crippen LogP contribution in [0.15, 0.2) is 36.4 Å². The zero-order valence-electron chi connectivity index (χ0n) is 10.2. The first-order valence-corrected chi connectivity index (χ1v) is 6.46. The molecular weight excluding hydrogens is 286 g/mol. The molecule has 0 saturated heterocycles. The number of aryl methyl sites for hydroxylation is 1. The van der Waals surface area contributed by atoms with E-state index in [1.807, 2.05) is 6.92 Å². The van der Waals surface area contributed by atoms with Crippen molar-refractivity contribution < 1.29 is 9.18 Å². The maximum atomic E-state index is 13.2. The highest BCUT2D eigenvalue weighted by Crippen LogP contribution is 2.23. The van der Waals surface area contributed by atoms with Crippen LogP contribution in [0.25, 0.3) is 0 Å². The Labute approximate surface area is 121 Å². The molecule has 0 amide bonds. The van der Waals surface area contributed by atoms with Crippen LogP contribution in [0.1, 0.15) is 21.5 Å². The van der Waals surface area contributed by atoms with Gasteiger partial charge in [-0.15, -0.1) is 0 Å². The van der Waals surface area contributed by atoms with Crippen LogP contribution in [-0.4, -0.2) is 5.78 Å². The number of ketones is 1. The summed E-state index contributed by atoms with van der Waals surface area (Å²) in [4.78, 5) is 12.2. The second-order valence-electron chi connectivity index (χ2n) is 4.29. The first-order valence-electron chi connectivity index (χ1n) is 5.70. The minimum absolute atomic E-state index is 0.101. The van der Waals surface area contributed by atoms with Gasteiger partial charge in [0.2, 0.25) is 0 Å². The van der Waals surface area contributed by atoms with Crippen LogP contribution in [0.4, 0.5) is 4.39 Å². The number of rotatable bonds is 3. The highest BCUT2D eigenvalue weighted by Gasteiger charge is 2.13. The first-order chi connectivity index (χ1) is 8.97. The fraction of sp³-hybridized carbons (Fsp3) is 0.133. The molecule has 2 rings (SSSR count). The molecule has 2 aromatic rings. The third kappa shape index (κ3) is 3.34. The molecule has 0 radical (unpaired) electrons. The maximum Gasteiger partial charge on any atom is 0.168 e. The van der Waals surface area contributed by atoms with Gasteiger partial charge in [-0.2, -0.15) is 0 Å². The molecule has 1 nitrogen and oxygen atoms in total. The van der Waals surface area contributed by atoms with Gasteiger partial charge in [0.15, 0.2) is 5.78 Å². The lowest BCUT2D eigenvalue weighted by Crippen LogP contribution is -2.06. The minimum Gasteiger partial charge on any atom is -0.294 e. The summed E-state index contributed by atoms with van der Waals surface area (Å²) >= 11 is 11.8. The molecule has 98 valence electrons. The Morgan fingerprint density at radius 3 is 2.63 bits per heavy atom. The topological polar surface area (TPSA) is 17.1 Å². The third-order valence-electron chi connectivity index (χ3n) is 2.89. The van der Waals surface area contributed by atoms with Crippen molar-refractivity contribution in [2.75, 3.05) is 0 Å². The molecule has 0 bridgehead atoms. The van der Waals surface area contributed by atoms with Crippen LogP contribution in [0, 0.1) is 12.7 Å². The number of halogens is 3. The predicted octanol–water partition coefficient (Wildman–Crippen LogP) is 4.87. The van der Waals surface area contributed by atoms with E-state index in [9.17, 15) is 9.18 Å². The molecule has 0 aromatic heterocycles. The van der Waals surface area contributed by atoms with Crippen molar-refractivity contribution in [1.29, 1.82) is 0 Å². The molecule has 0 N–H and O–H groups in total. The van der Waals surface area contributed by atoms with Crippen molar-refractivity contribution in [2.24, 2.45) is 0 Å². The van der Waals surface area contributed by atoms with E-state index in [0.29, 0.717) is 21.2 Å². The fourth-order valence-electron chi connectivity index (χ4n) is 1.81. The van der Waals surface area contributed by atoms with Gasteiger partial charge in [0.25, 0.3) is 0 Å². The molecule has 0 aliphatic heterocycles. The summed E-state index contributed by atoms with van der Waals surface area (Å²) in [7, 11) is 0. The molecule has 19 heavy (non-hydrogen) atoms. The number of carbonyl (C=O) groups excluding carboxylic acids is 1. The lowest BCUT2D eigenvalue weighted by atomic mass is 9.99. The Morgan fingerprint density at radius 1 is 1.16 bits per heavy atom. The number of carbonyl (C=O) groups is 1. The summed E-state index contributed by atoms with van der Waals surface area (Å²) in [6, 6.07) is 9.11. The van der Waals surface area contributed by atoms with Gasteiger partial charge in [0.05, 0.1) is 5.02 Å². The molecule has 0 heterocycles. The molecule has 0 unspecified atom stereocenters. The summed E-state index contributed by atoms with van der Waals surface area (Å²) in [6.45, 7) is 1.83. The molecule has 0 atom stereocenters. The van der Waals surface area contributed by atoms with Crippen molar-refractivity contribution in [3.05, 3.63) is 69.0 Å². The van der Waals surface area contributed by atoms with Gasteiger partial charge in [-0.3, -0.25) is 4.79 Å². The number of hydrogen-bond donors (Lipinski definition) is 0. The molecular formula is C15H11Cl2FO. The van der Waals surface area contributed by atoms with E-state index < -0.39 is 0 Å². The van der Waals surface area contributed by atoms with Crippen molar-refractivity contribution in [2.45, 2.75) is 13.3 Å². The number of benzene rings is 2. The first kappa shape index (κ1) is 14.0. The Bertz CT molecular complexity index is 638. The lowest BCUT2D eigenvalue weighted by molar-refractivity contribution is 0.0993. The van der Waals surface area contributed by atoms with Crippen LogP contribution in [0.3, 0.4) is 0 Å². The number of hydrogen-bond acceptors (Lipinski definition) is 1. The Morgan fingerprint density at radius 2 is 1.89 bits per heavy atom. The van der Waals surface area contributed by atoms with Crippen LogP contribution in [0.5, 0.6) is 0 Å². The molecule has 0 spiro atoms. The molecule has 4 heteroatoms. The van der Waals surface area contributed by atoms with Gasteiger partial charge < -0.3 is 0 Å². The average molecular weight is 297 g/mol. The van der Waals surface area contributed by atoms with Gasteiger partial charge in [-0.1, -0.05) is 29.3 Å². The molecule has 0 aliphatic rings. The van der Waals surface area contributed by atoms with Crippen LogP contribution >= 0.6 is 23.2 Å². The minimum atomic E-state index is -0.356. The van der Waals surface area contributed by atoms with Gasteiger partial charge in [0, 0.05) is 17.0 Å². The second-order valence-corrected chi connectivity index (χ2v) is 5.14. The SMILES string of the molecule is Cc1ccc(F)cc1CC(=O)c1cc(Cl)ccc1Cl. The largest absolute Gasteiger partial charge is 0.294 e. The highest BCUT2D eigenvalue weighted by molar-refractivity contribution is 6.35. The summed E-state index contributed by atoms with van der Waals surface area (Å²) in [5, 5.41) is 0.798.